The van der Waals surface area contributed by atoms with Crippen molar-refractivity contribution in [1.29, 1.82) is 0 Å². The van der Waals surface area contributed by atoms with Crippen LogP contribution in [0.5, 0.6) is 0 Å². The normalized spacial score (nSPS) is 14.3. The number of hydrogen-bond donors (Lipinski definition) is 1. The van der Waals surface area contributed by atoms with Gasteiger partial charge >= 0.3 is 0 Å². The van der Waals surface area contributed by atoms with Crippen LogP contribution in [0.25, 0.3) is 0 Å². The van der Waals surface area contributed by atoms with Crippen molar-refractivity contribution in [1.82, 2.24) is 5.32 Å². The summed E-state index contributed by atoms with van der Waals surface area (Å²) in [4.78, 5) is 0. The highest BCUT2D eigenvalue weighted by molar-refractivity contribution is 7.07. The molecule has 0 aliphatic heterocycles. The predicted molar refractivity (Wildman–Crippen MR) is 64.6 cm³/mol. The molecule has 1 aromatic rings. The van der Waals surface area contributed by atoms with E-state index in [0.717, 1.165) is 13.1 Å². The Morgan fingerprint density at radius 1 is 1.43 bits per heavy atom. The van der Waals surface area contributed by atoms with Crippen LogP contribution in [-0.2, 0) is 6.54 Å². The second-order valence-electron chi connectivity index (χ2n) is 5.03. The van der Waals surface area contributed by atoms with Crippen LogP contribution < -0.4 is 5.32 Å². The average molecular weight is 211 g/mol. The van der Waals surface area contributed by atoms with Crippen molar-refractivity contribution in [2.75, 3.05) is 6.54 Å². The van der Waals surface area contributed by atoms with Crippen LogP contribution in [0.3, 0.4) is 0 Å². The van der Waals surface area contributed by atoms with Crippen LogP contribution in [0.2, 0.25) is 0 Å². The molecule has 0 fully saturated rings. The van der Waals surface area contributed by atoms with Gasteiger partial charge in [0.15, 0.2) is 0 Å². The predicted octanol–water partition coefficient (Wildman–Crippen LogP) is 3.52. The van der Waals surface area contributed by atoms with Gasteiger partial charge < -0.3 is 5.32 Å². The Hall–Kier alpha value is -0.340. The molecule has 0 aliphatic carbocycles. The molecule has 1 aromatic heterocycles. The van der Waals surface area contributed by atoms with Crippen LogP contribution in [-0.4, -0.2) is 6.54 Å². The second-order valence-corrected chi connectivity index (χ2v) is 5.81. The lowest BCUT2D eigenvalue weighted by atomic mass is 9.82. The van der Waals surface area contributed by atoms with Crippen molar-refractivity contribution >= 4 is 11.3 Å². The zero-order valence-corrected chi connectivity index (χ0v) is 10.4. The van der Waals surface area contributed by atoms with Crippen LogP contribution in [0.4, 0.5) is 0 Å². The van der Waals surface area contributed by atoms with Gasteiger partial charge in [0.25, 0.3) is 0 Å². The first-order valence-corrected chi connectivity index (χ1v) is 6.16. The first-order chi connectivity index (χ1) is 6.50. The minimum absolute atomic E-state index is 0.404. The van der Waals surface area contributed by atoms with Crippen molar-refractivity contribution in [2.45, 2.75) is 34.2 Å². The summed E-state index contributed by atoms with van der Waals surface area (Å²) in [5, 5.41) is 7.83. The second kappa shape index (κ2) is 4.94. The van der Waals surface area contributed by atoms with Crippen LogP contribution in [0.1, 0.15) is 33.3 Å². The molecule has 80 valence electrons. The first kappa shape index (κ1) is 11.7. The molecule has 0 bridgehead atoms. The van der Waals surface area contributed by atoms with Crippen LogP contribution in [0.15, 0.2) is 16.8 Å². The van der Waals surface area contributed by atoms with E-state index in [0.29, 0.717) is 11.3 Å². The Balaban J connectivity index is 2.22. The summed E-state index contributed by atoms with van der Waals surface area (Å²) in [7, 11) is 0. The number of thiophene rings is 1. The van der Waals surface area contributed by atoms with Gasteiger partial charge in [0, 0.05) is 6.54 Å². The van der Waals surface area contributed by atoms with Gasteiger partial charge in [0.1, 0.15) is 0 Å². The average Bonchev–Trinajstić information content (AvgIpc) is 2.55. The van der Waals surface area contributed by atoms with Gasteiger partial charge in [-0.2, -0.15) is 11.3 Å². The maximum Gasteiger partial charge on any atom is 0.0213 e. The van der Waals surface area contributed by atoms with Crippen molar-refractivity contribution in [3.8, 4) is 0 Å². The van der Waals surface area contributed by atoms with Gasteiger partial charge in [-0.1, -0.05) is 27.7 Å². The van der Waals surface area contributed by atoms with Gasteiger partial charge in [-0.3, -0.25) is 0 Å². The summed E-state index contributed by atoms with van der Waals surface area (Å²) in [6.07, 6.45) is 0. The fourth-order valence-electron chi connectivity index (χ4n) is 1.13. The smallest absolute Gasteiger partial charge is 0.0213 e. The van der Waals surface area contributed by atoms with Gasteiger partial charge in [0.05, 0.1) is 0 Å². The molecule has 1 nitrogen and oxygen atoms in total. The summed E-state index contributed by atoms with van der Waals surface area (Å²) in [6.45, 7) is 11.3. The highest BCUT2D eigenvalue weighted by atomic mass is 32.1. The Morgan fingerprint density at radius 2 is 2.14 bits per heavy atom. The van der Waals surface area contributed by atoms with E-state index >= 15 is 0 Å². The standard InChI is InChI=1S/C12H21NS/c1-10(12(2,3)4)7-13-8-11-5-6-14-9-11/h5-6,9-10,13H,7-8H2,1-4H3. The first-order valence-electron chi connectivity index (χ1n) is 5.22. The van der Waals surface area contributed by atoms with Gasteiger partial charge in [-0.25, -0.2) is 0 Å². The van der Waals surface area contributed by atoms with Gasteiger partial charge in [0.2, 0.25) is 0 Å². The van der Waals surface area contributed by atoms with Crippen LogP contribution >= 0.6 is 11.3 Å². The molecule has 0 amide bonds. The molecule has 1 heterocycles. The largest absolute Gasteiger partial charge is 0.312 e. The van der Waals surface area contributed by atoms with Crippen molar-refractivity contribution in [3.63, 3.8) is 0 Å². The molecule has 0 saturated carbocycles. The van der Waals surface area contributed by atoms with Crippen LogP contribution in [0, 0.1) is 11.3 Å². The van der Waals surface area contributed by atoms with E-state index in [1.807, 2.05) is 0 Å². The molecular formula is C12H21NS. The lowest BCUT2D eigenvalue weighted by molar-refractivity contribution is 0.252. The Kier molecular flexibility index (Phi) is 4.14. The maximum absolute atomic E-state index is 3.50. The maximum atomic E-state index is 3.50. The molecule has 14 heavy (non-hydrogen) atoms. The topological polar surface area (TPSA) is 12.0 Å². The summed E-state index contributed by atoms with van der Waals surface area (Å²) >= 11 is 1.76. The fourth-order valence-corrected chi connectivity index (χ4v) is 1.80. The minimum atomic E-state index is 0.404. The zero-order chi connectivity index (χ0) is 10.6. The lowest BCUT2D eigenvalue weighted by Gasteiger charge is -2.27. The Morgan fingerprint density at radius 3 is 2.64 bits per heavy atom. The molecule has 1 atom stereocenters. The van der Waals surface area contributed by atoms with E-state index in [1.54, 1.807) is 11.3 Å². The van der Waals surface area contributed by atoms with E-state index < -0.39 is 0 Å². The van der Waals surface area contributed by atoms with E-state index in [1.165, 1.54) is 5.56 Å². The molecule has 0 aliphatic rings. The zero-order valence-electron chi connectivity index (χ0n) is 9.63. The molecule has 0 saturated heterocycles. The van der Waals surface area contributed by atoms with Gasteiger partial charge in [-0.05, 0) is 40.3 Å². The van der Waals surface area contributed by atoms with Gasteiger partial charge in [-0.15, -0.1) is 0 Å². The summed E-state index contributed by atoms with van der Waals surface area (Å²) in [5.74, 6) is 0.709. The van der Waals surface area contributed by atoms with E-state index in [2.05, 4.69) is 49.8 Å². The van der Waals surface area contributed by atoms with E-state index in [9.17, 15) is 0 Å². The highest BCUT2D eigenvalue weighted by Crippen LogP contribution is 2.24. The highest BCUT2D eigenvalue weighted by Gasteiger charge is 2.18. The van der Waals surface area contributed by atoms with Crippen molar-refractivity contribution < 1.29 is 0 Å². The van der Waals surface area contributed by atoms with E-state index in [4.69, 9.17) is 0 Å². The molecule has 1 unspecified atom stereocenters. The van der Waals surface area contributed by atoms with E-state index in [-0.39, 0.29) is 0 Å². The number of hydrogen-bond acceptors (Lipinski definition) is 2. The fraction of sp³-hybridized carbons (Fsp3) is 0.667. The molecule has 1 N–H and O–H groups in total. The quantitative estimate of drug-likeness (QED) is 0.803. The third-order valence-electron chi connectivity index (χ3n) is 2.84. The number of nitrogens with one attached hydrogen (secondary N) is 1. The molecule has 0 aromatic carbocycles. The molecular weight excluding hydrogens is 190 g/mol. The molecule has 0 spiro atoms. The minimum Gasteiger partial charge on any atom is -0.312 e. The molecule has 0 radical (unpaired) electrons. The SMILES string of the molecule is CC(CNCc1ccsc1)C(C)(C)C. The molecule has 2 heteroatoms. The van der Waals surface area contributed by atoms with Crippen molar-refractivity contribution in [3.05, 3.63) is 22.4 Å². The summed E-state index contributed by atoms with van der Waals surface area (Å²) in [5.41, 5.74) is 1.80. The Bertz CT molecular complexity index is 246. The third kappa shape index (κ3) is 3.81. The number of rotatable bonds is 4. The lowest BCUT2D eigenvalue weighted by Crippen LogP contribution is -2.29. The summed E-state index contributed by atoms with van der Waals surface area (Å²) in [6, 6.07) is 2.18. The monoisotopic (exact) mass is 211 g/mol. The van der Waals surface area contributed by atoms with Crippen molar-refractivity contribution in [2.24, 2.45) is 11.3 Å². The molecule has 1 rings (SSSR count). The summed E-state index contributed by atoms with van der Waals surface area (Å²) < 4.78 is 0. The Labute approximate surface area is 91.5 Å². The third-order valence-corrected chi connectivity index (χ3v) is 3.57.